The summed E-state index contributed by atoms with van der Waals surface area (Å²) in [5, 5.41) is 14.1. The molecule has 0 rings (SSSR count). The van der Waals surface area contributed by atoms with E-state index in [4.69, 9.17) is 5.11 Å². The molecule has 0 bridgehead atoms. The zero-order valence-electron chi connectivity index (χ0n) is 6.41. The average Bonchev–Trinajstić information content (AvgIpc) is 2.01. The molecule has 5 nitrogen and oxygen atoms in total. The SMILES string of the molecule is C/C=N\OCC(=O)NCCO. The van der Waals surface area contributed by atoms with E-state index in [1.807, 2.05) is 0 Å². The standard InChI is InChI=1S/C6H12N2O3/c1-2-8-11-5-6(10)7-3-4-9/h2,9H,3-5H2,1H3,(H,7,10)/b8-2-. The lowest BCUT2D eigenvalue weighted by Crippen LogP contribution is -2.29. The molecular formula is C6H12N2O3. The van der Waals surface area contributed by atoms with Crippen molar-refractivity contribution >= 4 is 12.1 Å². The summed E-state index contributed by atoms with van der Waals surface area (Å²) in [4.78, 5) is 15.2. The maximum absolute atomic E-state index is 10.7. The van der Waals surface area contributed by atoms with Crippen LogP contribution in [-0.2, 0) is 9.63 Å². The molecule has 0 aromatic carbocycles. The lowest BCUT2D eigenvalue weighted by Gasteiger charge is -2.00. The molecule has 2 N–H and O–H groups in total. The molecule has 64 valence electrons. The van der Waals surface area contributed by atoms with Crippen LogP contribution in [0.25, 0.3) is 0 Å². The molecule has 0 atom stereocenters. The molecular weight excluding hydrogens is 148 g/mol. The smallest absolute Gasteiger partial charge is 0.260 e. The molecule has 0 aromatic heterocycles. The molecule has 0 aliphatic carbocycles. The third-order valence-corrected chi connectivity index (χ3v) is 0.810. The number of rotatable bonds is 5. The van der Waals surface area contributed by atoms with E-state index in [0.717, 1.165) is 0 Å². The minimum Gasteiger partial charge on any atom is -0.395 e. The number of aliphatic hydroxyl groups is 1. The van der Waals surface area contributed by atoms with E-state index in [2.05, 4.69) is 15.3 Å². The number of hydrogen-bond acceptors (Lipinski definition) is 4. The van der Waals surface area contributed by atoms with Crippen LogP contribution < -0.4 is 5.32 Å². The first kappa shape index (κ1) is 9.90. The van der Waals surface area contributed by atoms with E-state index in [1.54, 1.807) is 6.92 Å². The maximum atomic E-state index is 10.7. The second-order valence-corrected chi connectivity index (χ2v) is 1.71. The average molecular weight is 160 g/mol. The predicted octanol–water partition coefficient (Wildman–Crippen LogP) is -0.883. The Morgan fingerprint density at radius 3 is 3.09 bits per heavy atom. The summed E-state index contributed by atoms with van der Waals surface area (Å²) in [5.41, 5.74) is 0. The van der Waals surface area contributed by atoms with Gasteiger partial charge in [-0.05, 0) is 6.92 Å². The molecule has 5 heteroatoms. The van der Waals surface area contributed by atoms with Crippen LogP contribution in [0.2, 0.25) is 0 Å². The Morgan fingerprint density at radius 2 is 2.55 bits per heavy atom. The summed E-state index contributed by atoms with van der Waals surface area (Å²) < 4.78 is 0. The summed E-state index contributed by atoms with van der Waals surface area (Å²) in [6, 6.07) is 0. The highest BCUT2D eigenvalue weighted by molar-refractivity contribution is 5.77. The van der Waals surface area contributed by atoms with E-state index in [9.17, 15) is 4.79 Å². The molecule has 0 spiro atoms. The number of amides is 1. The minimum atomic E-state index is -0.287. The first-order valence-electron chi connectivity index (χ1n) is 3.28. The van der Waals surface area contributed by atoms with E-state index in [1.165, 1.54) is 6.21 Å². The highest BCUT2D eigenvalue weighted by Crippen LogP contribution is 1.74. The first-order chi connectivity index (χ1) is 5.31. The van der Waals surface area contributed by atoms with Gasteiger partial charge in [0.1, 0.15) is 0 Å². The van der Waals surface area contributed by atoms with Gasteiger partial charge < -0.3 is 15.3 Å². The fourth-order valence-corrected chi connectivity index (χ4v) is 0.417. The van der Waals surface area contributed by atoms with Gasteiger partial charge >= 0.3 is 0 Å². The van der Waals surface area contributed by atoms with Crippen LogP contribution in [0.15, 0.2) is 5.16 Å². The van der Waals surface area contributed by atoms with E-state index >= 15 is 0 Å². The molecule has 0 aromatic rings. The second kappa shape index (κ2) is 7.01. The molecule has 0 heterocycles. The zero-order chi connectivity index (χ0) is 8.53. The van der Waals surface area contributed by atoms with Crippen molar-refractivity contribution in [2.24, 2.45) is 5.16 Å². The third-order valence-electron chi connectivity index (χ3n) is 0.810. The van der Waals surface area contributed by atoms with Crippen molar-refractivity contribution in [3.63, 3.8) is 0 Å². The van der Waals surface area contributed by atoms with Crippen LogP contribution >= 0.6 is 0 Å². The van der Waals surface area contributed by atoms with E-state index in [0.29, 0.717) is 0 Å². The van der Waals surface area contributed by atoms with Gasteiger partial charge in [-0.25, -0.2) is 0 Å². The van der Waals surface area contributed by atoms with Crippen molar-refractivity contribution in [1.29, 1.82) is 0 Å². The largest absolute Gasteiger partial charge is 0.395 e. The Kier molecular flexibility index (Phi) is 6.31. The van der Waals surface area contributed by atoms with Gasteiger partial charge in [-0.15, -0.1) is 0 Å². The quantitative estimate of drug-likeness (QED) is 0.405. The number of carbonyl (C=O) groups excluding carboxylic acids is 1. The predicted molar refractivity (Wildman–Crippen MR) is 40.2 cm³/mol. The van der Waals surface area contributed by atoms with Crippen molar-refractivity contribution in [3.8, 4) is 0 Å². The summed E-state index contributed by atoms with van der Waals surface area (Å²) in [6.07, 6.45) is 1.44. The molecule has 0 unspecified atom stereocenters. The molecule has 0 saturated heterocycles. The number of carbonyl (C=O) groups is 1. The van der Waals surface area contributed by atoms with Gasteiger partial charge in [0.2, 0.25) is 0 Å². The van der Waals surface area contributed by atoms with Gasteiger partial charge in [-0.3, -0.25) is 4.79 Å². The van der Waals surface area contributed by atoms with Crippen molar-refractivity contribution in [2.75, 3.05) is 19.8 Å². The van der Waals surface area contributed by atoms with Gasteiger partial charge in [0.05, 0.1) is 6.61 Å². The fourth-order valence-electron chi connectivity index (χ4n) is 0.417. The minimum absolute atomic E-state index is 0.0667. The molecule has 0 aliphatic rings. The van der Waals surface area contributed by atoms with Crippen LogP contribution in [-0.4, -0.2) is 37.0 Å². The summed E-state index contributed by atoms with van der Waals surface area (Å²) in [5.74, 6) is -0.287. The molecule has 11 heavy (non-hydrogen) atoms. The maximum Gasteiger partial charge on any atom is 0.260 e. The lowest BCUT2D eigenvalue weighted by molar-refractivity contribution is -0.125. The van der Waals surface area contributed by atoms with Crippen molar-refractivity contribution in [3.05, 3.63) is 0 Å². The Hall–Kier alpha value is -1.10. The van der Waals surface area contributed by atoms with Crippen LogP contribution in [0.1, 0.15) is 6.92 Å². The van der Waals surface area contributed by atoms with Crippen LogP contribution in [0.3, 0.4) is 0 Å². The van der Waals surface area contributed by atoms with Crippen molar-refractivity contribution in [1.82, 2.24) is 5.32 Å². The lowest BCUT2D eigenvalue weighted by atomic mass is 10.6. The molecule has 0 radical (unpaired) electrons. The number of oxime groups is 1. The normalized spacial score (nSPS) is 10.0. The molecule has 1 amide bonds. The highest BCUT2D eigenvalue weighted by Gasteiger charge is 1.97. The zero-order valence-corrected chi connectivity index (χ0v) is 6.41. The van der Waals surface area contributed by atoms with Crippen LogP contribution in [0.5, 0.6) is 0 Å². The Balaban J connectivity index is 3.22. The fraction of sp³-hybridized carbons (Fsp3) is 0.667. The Bertz CT molecular complexity index is 136. The van der Waals surface area contributed by atoms with Crippen molar-refractivity contribution in [2.45, 2.75) is 6.92 Å². The second-order valence-electron chi connectivity index (χ2n) is 1.71. The van der Waals surface area contributed by atoms with E-state index in [-0.39, 0.29) is 25.7 Å². The van der Waals surface area contributed by atoms with Gasteiger partial charge in [-0.1, -0.05) is 5.16 Å². The number of hydrogen-bond donors (Lipinski definition) is 2. The summed E-state index contributed by atoms with van der Waals surface area (Å²) in [6.45, 7) is 1.76. The van der Waals surface area contributed by atoms with Crippen molar-refractivity contribution < 1.29 is 14.7 Å². The number of nitrogens with one attached hydrogen (secondary N) is 1. The van der Waals surface area contributed by atoms with Crippen LogP contribution in [0.4, 0.5) is 0 Å². The third kappa shape index (κ3) is 6.79. The first-order valence-corrected chi connectivity index (χ1v) is 3.28. The molecule has 0 saturated carbocycles. The van der Waals surface area contributed by atoms with Gasteiger partial charge in [0.25, 0.3) is 5.91 Å². The monoisotopic (exact) mass is 160 g/mol. The summed E-state index contributed by atoms with van der Waals surface area (Å²) >= 11 is 0. The summed E-state index contributed by atoms with van der Waals surface area (Å²) in [7, 11) is 0. The van der Waals surface area contributed by atoms with Gasteiger partial charge in [-0.2, -0.15) is 0 Å². The molecule has 0 fully saturated rings. The number of nitrogens with zero attached hydrogens (tertiary/aromatic N) is 1. The number of aliphatic hydroxyl groups excluding tert-OH is 1. The van der Waals surface area contributed by atoms with Gasteiger partial charge in [0, 0.05) is 12.8 Å². The Labute approximate surface area is 65.0 Å². The highest BCUT2D eigenvalue weighted by atomic mass is 16.6. The molecule has 0 aliphatic heterocycles. The Morgan fingerprint density at radius 1 is 1.82 bits per heavy atom. The topological polar surface area (TPSA) is 70.9 Å². The van der Waals surface area contributed by atoms with Gasteiger partial charge in [0.15, 0.2) is 6.61 Å². The van der Waals surface area contributed by atoms with E-state index < -0.39 is 0 Å². The van der Waals surface area contributed by atoms with Crippen LogP contribution in [0, 0.1) is 0 Å².